The van der Waals surface area contributed by atoms with Crippen LogP contribution in [0, 0.1) is 5.92 Å². The van der Waals surface area contributed by atoms with Gasteiger partial charge in [0.05, 0.1) is 12.6 Å². The van der Waals surface area contributed by atoms with E-state index < -0.39 is 0 Å². The molecular weight excluding hydrogens is 332 g/mol. The third-order valence-electron chi connectivity index (χ3n) is 4.71. The maximum Gasteiger partial charge on any atom is 0.169 e. The molecule has 0 N–H and O–H groups in total. The Morgan fingerprint density at radius 1 is 1.28 bits per heavy atom. The molecule has 0 amide bonds. The summed E-state index contributed by atoms with van der Waals surface area (Å²) in [5, 5.41) is 2.91. The molecule has 0 radical (unpaired) electrons. The van der Waals surface area contributed by atoms with Gasteiger partial charge in [-0.15, -0.1) is 11.3 Å². The maximum atomic E-state index is 4.86. The van der Waals surface area contributed by atoms with E-state index in [0.717, 1.165) is 35.3 Å². The fraction of sp³-hybridized carbons (Fsp3) is 0.444. The molecule has 3 aromatic rings. The summed E-state index contributed by atoms with van der Waals surface area (Å²) in [7, 11) is 0. The first-order valence-electron chi connectivity index (χ1n) is 8.69. The zero-order chi connectivity index (χ0) is 17.4. The number of fused-ring (bicyclic) bond motifs is 1. The van der Waals surface area contributed by atoms with Gasteiger partial charge in [0.1, 0.15) is 11.5 Å². The van der Waals surface area contributed by atoms with Gasteiger partial charge in [0, 0.05) is 48.8 Å². The van der Waals surface area contributed by atoms with Gasteiger partial charge in [-0.1, -0.05) is 13.8 Å². The van der Waals surface area contributed by atoms with Crippen LogP contribution < -0.4 is 0 Å². The van der Waals surface area contributed by atoms with Crippen LogP contribution >= 0.6 is 11.3 Å². The molecule has 6 nitrogen and oxygen atoms in total. The van der Waals surface area contributed by atoms with Gasteiger partial charge in [-0.25, -0.2) is 15.0 Å². The van der Waals surface area contributed by atoms with Gasteiger partial charge in [-0.05, 0) is 12.8 Å². The summed E-state index contributed by atoms with van der Waals surface area (Å²) in [6, 6.07) is 0.349. The molecular formula is C18H22N6S. The van der Waals surface area contributed by atoms with Gasteiger partial charge in [-0.3, -0.25) is 4.99 Å². The van der Waals surface area contributed by atoms with E-state index in [2.05, 4.69) is 44.9 Å². The maximum absolute atomic E-state index is 4.86. The van der Waals surface area contributed by atoms with Crippen molar-refractivity contribution in [2.75, 3.05) is 0 Å². The smallest absolute Gasteiger partial charge is 0.169 e. The molecule has 0 aromatic carbocycles. The minimum atomic E-state index is 0.349. The van der Waals surface area contributed by atoms with Gasteiger partial charge < -0.3 is 9.13 Å². The van der Waals surface area contributed by atoms with Crippen LogP contribution in [0.1, 0.15) is 38.0 Å². The zero-order valence-electron chi connectivity index (χ0n) is 14.8. The van der Waals surface area contributed by atoms with Crippen molar-refractivity contribution in [3.8, 4) is 10.8 Å². The van der Waals surface area contributed by atoms with Crippen LogP contribution in [-0.4, -0.2) is 36.3 Å². The number of thiazole rings is 1. The van der Waals surface area contributed by atoms with Crippen molar-refractivity contribution in [2.45, 2.75) is 46.3 Å². The lowest BCUT2D eigenvalue weighted by Gasteiger charge is -2.21. The lowest BCUT2D eigenvalue weighted by atomic mass is 9.97. The Labute approximate surface area is 151 Å². The highest BCUT2D eigenvalue weighted by atomic mass is 32.1. The Bertz CT molecular complexity index is 887. The Kier molecular flexibility index (Phi) is 4.25. The van der Waals surface area contributed by atoms with Gasteiger partial charge in [0.25, 0.3) is 0 Å². The summed E-state index contributed by atoms with van der Waals surface area (Å²) >= 11 is 1.60. The number of aromatic nitrogens is 5. The number of aliphatic imine (C=N–C) groups is 1. The van der Waals surface area contributed by atoms with Crippen molar-refractivity contribution in [1.82, 2.24) is 24.1 Å². The molecule has 1 unspecified atom stereocenters. The van der Waals surface area contributed by atoms with E-state index in [1.807, 2.05) is 30.2 Å². The van der Waals surface area contributed by atoms with Crippen molar-refractivity contribution < 1.29 is 0 Å². The van der Waals surface area contributed by atoms with Crippen molar-refractivity contribution in [3.05, 3.63) is 41.2 Å². The summed E-state index contributed by atoms with van der Waals surface area (Å²) in [4.78, 5) is 18.4. The number of imidazole rings is 2. The standard InChI is InChI=1S/C18H22N6S/c1-4-24-15-9-13(12(2)3)21-10-14(15)22-16(24)11-23-7-5-19-17(23)18-20-6-8-25-18/h5-8,10,12-13H,4,9,11H2,1-3H3. The summed E-state index contributed by atoms with van der Waals surface area (Å²) in [5.41, 5.74) is 2.33. The molecule has 7 heteroatoms. The molecule has 130 valence electrons. The molecule has 0 bridgehead atoms. The Morgan fingerprint density at radius 2 is 2.16 bits per heavy atom. The molecule has 1 aliphatic rings. The Balaban J connectivity index is 1.67. The molecule has 4 rings (SSSR count). The quantitative estimate of drug-likeness (QED) is 0.706. The highest BCUT2D eigenvalue weighted by Gasteiger charge is 2.24. The molecule has 4 heterocycles. The van der Waals surface area contributed by atoms with Crippen LogP contribution in [-0.2, 0) is 19.5 Å². The van der Waals surface area contributed by atoms with Gasteiger partial charge in [0.15, 0.2) is 10.8 Å². The highest BCUT2D eigenvalue weighted by Crippen LogP contribution is 2.24. The largest absolute Gasteiger partial charge is 0.330 e. The van der Waals surface area contributed by atoms with E-state index in [9.17, 15) is 0 Å². The number of hydrogen-bond acceptors (Lipinski definition) is 5. The third-order valence-corrected chi connectivity index (χ3v) is 5.48. The van der Waals surface area contributed by atoms with E-state index >= 15 is 0 Å². The molecule has 1 atom stereocenters. The van der Waals surface area contributed by atoms with E-state index in [4.69, 9.17) is 4.98 Å². The van der Waals surface area contributed by atoms with Crippen molar-refractivity contribution in [2.24, 2.45) is 10.9 Å². The predicted octanol–water partition coefficient (Wildman–Crippen LogP) is 3.27. The minimum absolute atomic E-state index is 0.349. The van der Waals surface area contributed by atoms with E-state index in [1.165, 1.54) is 5.69 Å². The molecule has 25 heavy (non-hydrogen) atoms. The lowest BCUT2D eigenvalue weighted by molar-refractivity contribution is 0.475. The molecule has 3 aromatic heterocycles. The van der Waals surface area contributed by atoms with E-state index in [1.54, 1.807) is 11.3 Å². The van der Waals surface area contributed by atoms with Crippen LogP contribution in [0.4, 0.5) is 0 Å². The number of nitrogens with zero attached hydrogens (tertiary/aromatic N) is 6. The Morgan fingerprint density at radius 3 is 2.88 bits per heavy atom. The van der Waals surface area contributed by atoms with Gasteiger partial charge >= 0.3 is 0 Å². The van der Waals surface area contributed by atoms with Crippen molar-refractivity contribution in [1.29, 1.82) is 0 Å². The second-order valence-electron chi connectivity index (χ2n) is 6.61. The monoisotopic (exact) mass is 354 g/mol. The van der Waals surface area contributed by atoms with Crippen LogP contribution in [0.15, 0.2) is 29.0 Å². The van der Waals surface area contributed by atoms with E-state index in [-0.39, 0.29) is 0 Å². The first-order valence-corrected chi connectivity index (χ1v) is 9.57. The summed E-state index contributed by atoms with van der Waals surface area (Å²) in [5.74, 6) is 2.49. The van der Waals surface area contributed by atoms with Crippen LogP contribution in [0.3, 0.4) is 0 Å². The van der Waals surface area contributed by atoms with E-state index in [0.29, 0.717) is 18.5 Å². The normalized spacial score (nSPS) is 16.6. The first-order chi connectivity index (χ1) is 12.2. The molecule has 0 fully saturated rings. The average molecular weight is 354 g/mol. The molecule has 0 saturated carbocycles. The average Bonchev–Trinajstić information content (AvgIpc) is 3.33. The van der Waals surface area contributed by atoms with Crippen LogP contribution in [0.5, 0.6) is 0 Å². The third kappa shape index (κ3) is 2.93. The van der Waals surface area contributed by atoms with Crippen LogP contribution in [0.2, 0.25) is 0 Å². The number of rotatable bonds is 5. The summed E-state index contributed by atoms with van der Waals surface area (Å²) in [6.45, 7) is 8.24. The zero-order valence-corrected chi connectivity index (χ0v) is 15.6. The topological polar surface area (TPSA) is 60.9 Å². The molecule has 0 aliphatic carbocycles. The number of hydrogen-bond donors (Lipinski definition) is 0. The predicted molar refractivity (Wildman–Crippen MR) is 100 cm³/mol. The highest BCUT2D eigenvalue weighted by molar-refractivity contribution is 7.13. The molecule has 1 aliphatic heterocycles. The summed E-state index contributed by atoms with van der Waals surface area (Å²) in [6.07, 6.45) is 8.55. The molecule has 0 spiro atoms. The second-order valence-corrected chi connectivity index (χ2v) is 7.51. The fourth-order valence-corrected chi connectivity index (χ4v) is 3.96. The Hall–Kier alpha value is -2.28. The lowest BCUT2D eigenvalue weighted by Crippen LogP contribution is -2.23. The SMILES string of the molecule is CCn1c(Cn2ccnc2-c2nccs2)nc2c1CC(C(C)C)N=C2. The minimum Gasteiger partial charge on any atom is -0.330 e. The molecule has 0 saturated heterocycles. The second kappa shape index (κ2) is 6.55. The first kappa shape index (κ1) is 16.2. The van der Waals surface area contributed by atoms with Crippen molar-refractivity contribution in [3.63, 3.8) is 0 Å². The van der Waals surface area contributed by atoms with Crippen molar-refractivity contribution >= 4 is 17.6 Å². The van der Waals surface area contributed by atoms with Gasteiger partial charge in [-0.2, -0.15) is 0 Å². The fourth-order valence-electron chi connectivity index (χ4n) is 3.32. The summed E-state index contributed by atoms with van der Waals surface area (Å²) < 4.78 is 4.46. The van der Waals surface area contributed by atoms with Gasteiger partial charge in [0.2, 0.25) is 0 Å². The van der Waals surface area contributed by atoms with Crippen LogP contribution in [0.25, 0.3) is 10.8 Å².